The van der Waals surface area contributed by atoms with E-state index in [0.29, 0.717) is 12.2 Å². The number of carbonyl (C=O) groups is 1. The number of hydrogen-bond donors (Lipinski definition) is 1. The number of ether oxygens (including phenoxy) is 1. The molecule has 0 bridgehead atoms. The van der Waals surface area contributed by atoms with Crippen LogP contribution in [0.4, 0.5) is 4.39 Å². The van der Waals surface area contributed by atoms with Crippen LogP contribution in [0.25, 0.3) is 0 Å². The molecule has 4 nitrogen and oxygen atoms in total. The highest BCUT2D eigenvalue weighted by molar-refractivity contribution is 5.94. The molecule has 0 aliphatic carbocycles. The van der Waals surface area contributed by atoms with Crippen LogP contribution in [0.3, 0.4) is 0 Å². The van der Waals surface area contributed by atoms with Crippen molar-refractivity contribution in [3.8, 4) is 11.8 Å². The van der Waals surface area contributed by atoms with Gasteiger partial charge in [-0.1, -0.05) is 11.8 Å². The van der Waals surface area contributed by atoms with E-state index < -0.39 is 11.7 Å². The predicted molar refractivity (Wildman–Crippen MR) is 75.8 cm³/mol. The molecule has 5 heteroatoms. The van der Waals surface area contributed by atoms with E-state index >= 15 is 0 Å². The van der Waals surface area contributed by atoms with E-state index in [-0.39, 0.29) is 18.2 Å². The number of nitrogens with zero attached hydrogens (tertiary/aromatic N) is 1. The Bertz CT molecular complexity index is 534. The first-order valence-electron chi connectivity index (χ1n) is 6.25. The second-order valence-corrected chi connectivity index (χ2v) is 4.42. The van der Waals surface area contributed by atoms with Crippen LogP contribution in [0.2, 0.25) is 0 Å². The average Bonchev–Trinajstić information content (AvgIpc) is 2.45. The summed E-state index contributed by atoms with van der Waals surface area (Å²) in [5, 5.41) is 0. The summed E-state index contributed by atoms with van der Waals surface area (Å²) in [6.45, 7) is 2.43. The zero-order valence-corrected chi connectivity index (χ0v) is 11.9. The van der Waals surface area contributed by atoms with Crippen molar-refractivity contribution in [1.82, 2.24) is 4.90 Å². The lowest BCUT2D eigenvalue weighted by Crippen LogP contribution is -2.38. The molecule has 1 atom stereocenters. The molecule has 1 unspecified atom stereocenters. The van der Waals surface area contributed by atoms with Gasteiger partial charge in [-0.05, 0) is 25.1 Å². The fourth-order valence-corrected chi connectivity index (χ4v) is 1.66. The third-order valence-corrected chi connectivity index (χ3v) is 2.92. The maximum Gasteiger partial charge on any atom is 0.256 e. The number of amides is 1. The smallest absolute Gasteiger partial charge is 0.256 e. The lowest BCUT2D eigenvalue weighted by atomic mass is 10.1. The Kier molecular flexibility index (Phi) is 6.16. The van der Waals surface area contributed by atoms with Crippen molar-refractivity contribution in [3.05, 3.63) is 35.1 Å². The molecule has 2 N–H and O–H groups in total. The Hall–Kier alpha value is -1.90. The van der Waals surface area contributed by atoms with Crippen LogP contribution < -0.4 is 5.73 Å². The Morgan fingerprint density at radius 2 is 2.25 bits per heavy atom. The fraction of sp³-hybridized carbons (Fsp3) is 0.400. The van der Waals surface area contributed by atoms with Crippen molar-refractivity contribution in [3.63, 3.8) is 0 Å². The largest absolute Gasteiger partial charge is 0.383 e. The van der Waals surface area contributed by atoms with Crippen molar-refractivity contribution < 1.29 is 13.9 Å². The summed E-state index contributed by atoms with van der Waals surface area (Å²) in [5.74, 6) is 4.49. The molecule has 1 amide bonds. The van der Waals surface area contributed by atoms with Crippen molar-refractivity contribution >= 4 is 5.91 Å². The number of methoxy groups -OCH3 is 1. The molecule has 0 aliphatic rings. The first kappa shape index (κ1) is 16.2. The standard InChI is InChI=1S/C15H19FN2O2/c1-11(10-20-3)18(2)15(19)13-9-12(5-4-8-17)6-7-14(13)16/h6-7,9,11H,8,10,17H2,1-3H3. The van der Waals surface area contributed by atoms with E-state index in [9.17, 15) is 9.18 Å². The molecular weight excluding hydrogens is 259 g/mol. The van der Waals surface area contributed by atoms with E-state index in [2.05, 4.69) is 11.8 Å². The lowest BCUT2D eigenvalue weighted by molar-refractivity contribution is 0.0629. The highest BCUT2D eigenvalue weighted by Crippen LogP contribution is 2.14. The zero-order valence-electron chi connectivity index (χ0n) is 11.9. The van der Waals surface area contributed by atoms with Gasteiger partial charge in [-0.3, -0.25) is 4.79 Å². The van der Waals surface area contributed by atoms with Crippen LogP contribution >= 0.6 is 0 Å². The molecule has 0 aliphatic heterocycles. The van der Waals surface area contributed by atoms with Gasteiger partial charge in [0.1, 0.15) is 5.82 Å². The Balaban J connectivity index is 3.02. The Labute approximate surface area is 118 Å². The summed E-state index contributed by atoms with van der Waals surface area (Å²) in [6.07, 6.45) is 0. The maximum atomic E-state index is 13.8. The molecule has 0 saturated carbocycles. The molecule has 0 saturated heterocycles. The minimum absolute atomic E-state index is 0.000672. The van der Waals surface area contributed by atoms with Crippen molar-refractivity contribution in [1.29, 1.82) is 0 Å². The van der Waals surface area contributed by atoms with Gasteiger partial charge in [-0.15, -0.1) is 0 Å². The van der Waals surface area contributed by atoms with Gasteiger partial charge in [-0.25, -0.2) is 4.39 Å². The molecule has 20 heavy (non-hydrogen) atoms. The summed E-state index contributed by atoms with van der Waals surface area (Å²) in [6, 6.07) is 4.05. The molecule has 1 rings (SSSR count). The van der Waals surface area contributed by atoms with Crippen LogP contribution in [0.1, 0.15) is 22.8 Å². The normalized spacial score (nSPS) is 11.4. The first-order chi connectivity index (χ1) is 9.51. The minimum Gasteiger partial charge on any atom is -0.383 e. The molecule has 0 radical (unpaired) electrons. The molecule has 1 aromatic carbocycles. The van der Waals surface area contributed by atoms with Gasteiger partial charge in [0.15, 0.2) is 0 Å². The second kappa shape index (κ2) is 7.63. The number of hydrogen-bond acceptors (Lipinski definition) is 3. The molecule has 0 heterocycles. The van der Waals surface area contributed by atoms with Gasteiger partial charge in [0.2, 0.25) is 0 Å². The molecule has 108 valence electrons. The molecular formula is C15H19FN2O2. The Morgan fingerprint density at radius 3 is 2.85 bits per heavy atom. The average molecular weight is 278 g/mol. The third-order valence-electron chi connectivity index (χ3n) is 2.92. The second-order valence-electron chi connectivity index (χ2n) is 4.42. The summed E-state index contributed by atoms with van der Waals surface area (Å²) in [5.41, 5.74) is 5.85. The molecule has 0 aromatic heterocycles. The van der Waals surface area contributed by atoms with Gasteiger partial charge < -0.3 is 15.4 Å². The van der Waals surface area contributed by atoms with E-state index in [0.717, 1.165) is 0 Å². The third kappa shape index (κ3) is 4.05. The van der Waals surface area contributed by atoms with E-state index in [1.165, 1.54) is 23.1 Å². The monoisotopic (exact) mass is 278 g/mol. The van der Waals surface area contributed by atoms with Gasteiger partial charge >= 0.3 is 0 Å². The number of rotatable bonds is 4. The fourth-order valence-electron chi connectivity index (χ4n) is 1.66. The summed E-state index contributed by atoms with van der Waals surface area (Å²) in [7, 11) is 3.17. The highest BCUT2D eigenvalue weighted by atomic mass is 19.1. The van der Waals surface area contributed by atoms with E-state index in [1.54, 1.807) is 14.2 Å². The summed E-state index contributed by atoms with van der Waals surface area (Å²) in [4.78, 5) is 13.7. The highest BCUT2D eigenvalue weighted by Gasteiger charge is 2.20. The number of likely N-dealkylation sites (N-methyl/N-ethyl adjacent to an activating group) is 1. The predicted octanol–water partition coefficient (Wildman–Crippen LogP) is 1.24. The van der Waals surface area contributed by atoms with E-state index in [1.807, 2.05) is 6.92 Å². The molecule has 0 fully saturated rings. The van der Waals surface area contributed by atoms with E-state index in [4.69, 9.17) is 10.5 Å². The van der Waals surface area contributed by atoms with Crippen LogP contribution in [-0.2, 0) is 4.74 Å². The topological polar surface area (TPSA) is 55.6 Å². The zero-order chi connectivity index (χ0) is 15.1. The number of nitrogens with two attached hydrogens (primary N) is 1. The number of carbonyl (C=O) groups excluding carboxylic acids is 1. The van der Waals surface area contributed by atoms with Crippen molar-refractivity contribution in [2.24, 2.45) is 5.73 Å². The quantitative estimate of drug-likeness (QED) is 0.843. The maximum absolute atomic E-state index is 13.8. The molecule has 1 aromatic rings. The van der Waals surface area contributed by atoms with Crippen LogP contribution in [0, 0.1) is 17.7 Å². The van der Waals surface area contributed by atoms with Crippen LogP contribution in [-0.4, -0.2) is 44.2 Å². The molecule has 0 spiro atoms. The van der Waals surface area contributed by atoms with Crippen molar-refractivity contribution in [2.45, 2.75) is 13.0 Å². The van der Waals surface area contributed by atoms with Gasteiger partial charge in [0.05, 0.1) is 24.8 Å². The van der Waals surface area contributed by atoms with Gasteiger partial charge in [0.25, 0.3) is 5.91 Å². The van der Waals surface area contributed by atoms with Crippen molar-refractivity contribution in [2.75, 3.05) is 27.3 Å². The lowest BCUT2D eigenvalue weighted by Gasteiger charge is -2.24. The number of benzene rings is 1. The minimum atomic E-state index is -0.565. The van der Waals surface area contributed by atoms with Gasteiger partial charge in [0, 0.05) is 19.7 Å². The number of halogens is 1. The van der Waals surface area contributed by atoms with Gasteiger partial charge in [-0.2, -0.15) is 0 Å². The summed E-state index contributed by atoms with van der Waals surface area (Å²) < 4.78 is 18.8. The first-order valence-corrected chi connectivity index (χ1v) is 6.25. The SMILES string of the molecule is COCC(C)N(C)C(=O)c1cc(C#CCN)ccc1F. The Morgan fingerprint density at radius 1 is 1.55 bits per heavy atom. The van der Waals surface area contributed by atoms with Crippen LogP contribution in [0.15, 0.2) is 18.2 Å². The van der Waals surface area contributed by atoms with Crippen LogP contribution in [0.5, 0.6) is 0 Å². The summed E-state index contributed by atoms with van der Waals surface area (Å²) >= 11 is 0.